The molecule has 0 fully saturated rings. The van der Waals surface area contributed by atoms with Crippen LogP contribution in [0.25, 0.3) is 0 Å². The Morgan fingerprint density at radius 1 is 1.24 bits per heavy atom. The summed E-state index contributed by atoms with van der Waals surface area (Å²) in [6.45, 7) is 4.00. The molecule has 110 valence electrons. The van der Waals surface area contributed by atoms with E-state index in [4.69, 9.17) is 0 Å². The van der Waals surface area contributed by atoms with Gasteiger partial charge in [-0.25, -0.2) is 4.98 Å². The minimum atomic E-state index is -0.0405. The summed E-state index contributed by atoms with van der Waals surface area (Å²) in [5.41, 5.74) is 3.60. The highest BCUT2D eigenvalue weighted by Crippen LogP contribution is 2.18. The van der Waals surface area contributed by atoms with Gasteiger partial charge < -0.3 is 10.2 Å². The topological polar surface area (TPSA) is 45.2 Å². The number of amides is 1. The maximum Gasteiger partial charge on any atom is 0.258 e. The molecular formula is C17H21N3O. The first-order chi connectivity index (χ1) is 10.0. The Morgan fingerprint density at radius 2 is 1.90 bits per heavy atom. The van der Waals surface area contributed by atoms with E-state index in [9.17, 15) is 4.79 Å². The number of benzene rings is 1. The average Bonchev–Trinajstić information content (AvgIpc) is 2.52. The second-order valence-electron chi connectivity index (χ2n) is 5.02. The van der Waals surface area contributed by atoms with Crippen LogP contribution >= 0.6 is 0 Å². The zero-order valence-corrected chi connectivity index (χ0v) is 13.0. The fraction of sp³-hybridized carbons (Fsp3) is 0.294. The van der Waals surface area contributed by atoms with Crippen LogP contribution in [-0.4, -0.2) is 25.0 Å². The third-order valence-corrected chi connectivity index (χ3v) is 3.49. The van der Waals surface area contributed by atoms with Gasteiger partial charge in [-0.15, -0.1) is 0 Å². The molecule has 1 heterocycles. The summed E-state index contributed by atoms with van der Waals surface area (Å²) in [7, 11) is 3.58. The monoisotopic (exact) mass is 283 g/mol. The molecule has 0 aliphatic rings. The van der Waals surface area contributed by atoms with Crippen molar-refractivity contribution in [3.8, 4) is 0 Å². The normalized spacial score (nSPS) is 10.3. The fourth-order valence-electron chi connectivity index (χ4n) is 2.19. The number of aromatic nitrogens is 1. The number of anilines is 2. The fourth-order valence-corrected chi connectivity index (χ4v) is 2.19. The zero-order valence-electron chi connectivity index (χ0n) is 13.0. The second-order valence-corrected chi connectivity index (χ2v) is 5.02. The highest BCUT2D eigenvalue weighted by Gasteiger charge is 2.15. The molecule has 4 nitrogen and oxygen atoms in total. The Balaban J connectivity index is 2.27. The summed E-state index contributed by atoms with van der Waals surface area (Å²) < 4.78 is 0. The quantitative estimate of drug-likeness (QED) is 0.936. The van der Waals surface area contributed by atoms with Gasteiger partial charge in [-0.2, -0.15) is 0 Å². The molecule has 21 heavy (non-hydrogen) atoms. The number of carbonyl (C=O) groups excluding carboxylic acids is 1. The van der Waals surface area contributed by atoms with Crippen molar-refractivity contribution in [2.75, 3.05) is 24.3 Å². The molecule has 0 aliphatic carbocycles. The van der Waals surface area contributed by atoms with Crippen molar-refractivity contribution in [1.82, 2.24) is 4.98 Å². The summed E-state index contributed by atoms with van der Waals surface area (Å²) in [6.07, 6.45) is 0.993. The van der Waals surface area contributed by atoms with Gasteiger partial charge in [0.1, 0.15) is 5.82 Å². The number of hydrogen-bond donors (Lipinski definition) is 1. The molecule has 0 spiro atoms. The van der Waals surface area contributed by atoms with Crippen LogP contribution in [0.5, 0.6) is 0 Å². The molecule has 1 aromatic heterocycles. The molecular weight excluding hydrogens is 262 g/mol. The summed E-state index contributed by atoms with van der Waals surface area (Å²) in [5, 5.41) is 2.97. The molecule has 0 bridgehead atoms. The van der Waals surface area contributed by atoms with Gasteiger partial charge in [-0.05, 0) is 43.2 Å². The third kappa shape index (κ3) is 3.40. The Hall–Kier alpha value is -2.36. The van der Waals surface area contributed by atoms with E-state index in [0.717, 1.165) is 17.8 Å². The van der Waals surface area contributed by atoms with Gasteiger partial charge in [0.05, 0.1) is 0 Å². The standard InChI is InChI=1S/C17H21N3O/c1-5-13-6-8-15(9-7-13)20(4)17(21)14-10-12(2)19-16(11-14)18-3/h6-11H,5H2,1-4H3,(H,18,19). The van der Waals surface area contributed by atoms with Crippen molar-refractivity contribution >= 4 is 17.4 Å². The predicted molar refractivity (Wildman–Crippen MR) is 87.1 cm³/mol. The van der Waals surface area contributed by atoms with Gasteiger partial charge in [0.2, 0.25) is 0 Å². The van der Waals surface area contributed by atoms with E-state index in [2.05, 4.69) is 29.4 Å². The van der Waals surface area contributed by atoms with E-state index in [0.29, 0.717) is 11.4 Å². The summed E-state index contributed by atoms with van der Waals surface area (Å²) >= 11 is 0. The molecule has 0 radical (unpaired) electrons. The SMILES string of the molecule is CCc1ccc(N(C)C(=O)c2cc(C)nc(NC)c2)cc1. The number of hydrogen-bond acceptors (Lipinski definition) is 3. The Morgan fingerprint density at radius 3 is 2.48 bits per heavy atom. The zero-order chi connectivity index (χ0) is 15.4. The maximum atomic E-state index is 12.6. The Kier molecular flexibility index (Phi) is 4.58. The minimum Gasteiger partial charge on any atom is -0.373 e. The number of pyridine rings is 1. The van der Waals surface area contributed by atoms with Crippen LogP contribution in [-0.2, 0) is 6.42 Å². The van der Waals surface area contributed by atoms with Crippen molar-refractivity contribution in [2.45, 2.75) is 20.3 Å². The average molecular weight is 283 g/mol. The van der Waals surface area contributed by atoms with Crippen molar-refractivity contribution < 1.29 is 4.79 Å². The lowest BCUT2D eigenvalue weighted by Gasteiger charge is -2.18. The first-order valence-electron chi connectivity index (χ1n) is 7.08. The van der Waals surface area contributed by atoms with E-state index in [1.165, 1.54) is 5.56 Å². The molecule has 0 aliphatic heterocycles. The maximum absolute atomic E-state index is 12.6. The largest absolute Gasteiger partial charge is 0.373 e. The molecule has 2 aromatic rings. The first kappa shape index (κ1) is 15.0. The van der Waals surface area contributed by atoms with Crippen LogP contribution in [0.1, 0.15) is 28.5 Å². The Labute approximate surface area is 125 Å². The molecule has 4 heteroatoms. The van der Waals surface area contributed by atoms with Crippen molar-refractivity contribution in [1.29, 1.82) is 0 Å². The lowest BCUT2D eigenvalue weighted by molar-refractivity contribution is 0.0993. The summed E-state index contributed by atoms with van der Waals surface area (Å²) in [5.74, 6) is 0.661. The van der Waals surface area contributed by atoms with E-state index >= 15 is 0 Å². The van der Waals surface area contributed by atoms with E-state index in [-0.39, 0.29) is 5.91 Å². The van der Waals surface area contributed by atoms with Gasteiger partial charge in [0, 0.05) is 31.0 Å². The highest BCUT2D eigenvalue weighted by molar-refractivity contribution is 6.06. The molecule has 1 N–H and O–H groups in total. The molecule has 0 atom stereocenters. The van der Waals surface area contributed by atoms with Crippen LogP contribution in [0, 0.1) is 6.92 Å². The number of rotatable bonds is 4. The lowest BCUT2D eigenvalue weighted by Crippen LogP contribution is -2.26. The second kappa shape index (κ2) is 6.39. The van der Waals surface area contributed by atoms with Crippen LogP contribution in [0.2, 0.25) is 0 Å². The van der Waals surface area contributed by atoms with Gasteiger partial charge in [-0.1, -0.05) is 19.1 Å². The molecule has 0 saturated carbocycles. The molecule has 2 rings (SSSR count). The van der Waals surface area contributed by atoms with E-state index < -0.39 is 0 Å². The van der Waals surface area contributed by atoms with E-state index in [1.807, 2.05) is 19.1 Å². The van der Waals surface area contributed by atoms with Crippen LogP contribution < -0.4 is 10.2 Å². The third-order valence-electron chi connectivity index (χ3n) is 3.49. The highest BCUT2D eigenvalue weighted by atomic mass is 16.2. The number of nitrogens with one attached hydrogen (secondary N) is 1. The van der Waals surface area contributed by atoms with Gasteiger partial charge in [0.25, 0.3) is 5.91 Å². The van der Waals surface area contributed by atoms with E-state index in [1.54, 1.807) is 31.1 Å². The molecule has 0 unspecified atom stereocenters. The number of carbonyl (C=O) groups is 1. The molecule has 1 amide bonds. The predicted octanol–water partition coefficient (Wildman–Crippen LogP) is 3.27. The molecule has 0 saturated heterocycles. The van der Waals surface area contributed by atoms with Gasteiger partial charge >= 0.3 is 0 Å². The summed E-state index contributed by atoms with van der Waals surface area (Å²) in [6, 6.07) is 11.6. The van der Waals surface area contributed by atoms with Crippen molar-refractivity contribution in [3.05, 3.63) is 53.2 Å². The Bertz CT molecular complexity index is 635. The smallest absolute Gasteiger partial charge is 0.258 e. The van der Waals surface area contributed by atoms with Crippen LogP contribution in [0.15, 0.2) is 36.4 Å². The minimum absolute atomic E-state index is 0.0405. The van der Waals surface area contributed by atoms with Crippen LogP contribution in [0.3, 0.4) is 0 Å². The van der Waals surface area contributed by atoms with Crippen molar-refractivity contribution in [2.24, 2.45) is 0 Å². The van der Waals surface area contributed by atoms with Crippen molar-refractivity contribution in [3.63, 3.8) is 0 Å². The molecule has 1 aromatic carbocycles. The van der Waals surface area contributed by atoms with Gasteiger partial charge in [0.15, 0.2) is 0 Å². The van der Waals surface area contributed by atoms with Crippen LogP contribution in [0.4, 0.5) is 11.5 Å². The number of aryl methyl sites for hydroxylation is 2. The first-order valence-corrected chi connectivity index (χ1v) is 7.08. The van der Waals surface area contributed by atoms with Gasteiger partial charge in [-0.3, -0.25) is 4.79 Å². The lowest BCUT2D eigenvalue weighted by atomic mass is 10.1. The number of nitrogens with zero attached hydrogens (tertiary/aromatic N) is 2. The summed E-state index contributed by atoms with van der Waals surface area (Å²) in [4.78, 5) is 18.6.